The van der Waals surface area contributed by atoms with Crippen LogP contribution in [0.5, 0.6) is 0 Å². The number of rotatable bonds is 2. The van der Waals surface area contributed by atoms with E-state index >= 15 is 0 Å². The Hall–Kier alpha value is -1.81. The summed E-state index contributed by atoms with van der Waals surface area (Å²) in [5.74, 6) is -0.118. The molecule has 2 aromatic rings. The molecule has 0 aliphatic rings. The molecule has 2 heterocycles. The number of carbonyl (C=O) groups excluding carboxylic acids is 1. The summed E-state index contributed by atoms with van der Waals surface area (Å²) in [5.41, 5.74) is 0.325. The molecule has 6 nitrogen and oxygen atoms in total. The Kier molecular flexibility index (Phi) is 2.92. The first-order valence-corrected chi connectivity index (χ1v) is 5.00. The van der Waals surface area contributed by atoms with Crippen LogP contribution in [0.1, 0.15) is 10.4 Å². The number of nitrogens with zero attached hydrogens (tertiary/aromatic N) is 4. The van der Waals surface area contributed by atoms with Gasteiger partial charge in [-0.1, -0.05) is 0 Å². The Bertz CT molecular complexity index is 512. The fourth-order valence-corrected chi connectivity index (χ4v) is 1.46. The molecule has 0 fully saturated rings. The molecule has 0 radical (unpaired) electrons. The summed E-state index contributed by atoms with van der Waals surface area (Å²) >= 11 is 0. The van der Waals surface area contributed by atoms with E-state index in [-0.39, 0.29) is 0 Å². The van der Waals surface area contributed by atoms with Crippen molar-refractivity contribution in [2.45, 2.75) is 0 Å². The first-order chi connectivity index (χ1) is 7.72. The van der Waals surface area contributed by atoms with Crippen LogP contribution in [0.3, 0.4) is 0 Å². The monoisotopic (exact) mass is 236 g/mol. The van der Waals surface area contributed by atoms with Gasteiger partial charge in [0.1, 0.15) is 5.56 Å². The molecule has 0 spiro atoms. The molecule has 2 rings (SSSR count). The highest BCUT2D eigenvalue weighted by molar-refractivity contribution is 7.27. The van der Waals surface area contributed by atoms with Crippen LogP contribution in [0.2, 0.25) is 0 Å². The molecule has 0 aromatic carbocycles. The molecule has 0 amide bonds. The zero-order valence-electron chi connectivity index (χ0n) is 8.49. The van der Waals surface area contributed by atoms with E-state index in [0.29, 0.717) is 11.4 Å². The van der Waals surface area contributed by atoms with Gasteiger partial charge in [-0.25, -0.2) is 9.78 Å². The Balaban J connectivity index is 2.57. The molecule has 0 N–H and O–H groups in total. The number of pyridine rings is 1. The third-order valence-corrected chi connectivity index (χ3v) is 2.22. The van der Waals surface area contributed by atoms with E-state index in [1.165, 1.54) is 24.3 Å². The molecule has 1 unspecified atom stereocenters. The van der Waals surface area contributed by atoms with Gasteiger partial charge in [-0.15, -0.1) is 14.0 Å². The van der Waals surface area contributed by atoms with Gasteiger partial charge < -0.3 is 4.74 Å². The number of ether oxygens (including phenoxy) is 1. The van der Waals surface area contributed by atoms with Crippen molar-refractivity contribution in [3.63, 3.8) is 0 Å². The third kappa shape index (κ3) is 1.92. The second-order valence-electron chi connectivity index (χ2n) is 2.95. The minimum atomic E-state index is -0.468. The minimum Gasteiger partial charge on any atom is -0.465 e. The lowest BCUT2D eigenvalue weighted by molar-refractivity contribution is 0.0600. The predicted molar refractivity (Wildman–Crippen MR) is 59.8 cm³/mol. The number of hydrogen-bond donors (Lipinski definition) is 0. The molecule has 1 atom stereocenters. The van der Waals surface area contributed by atoms with Crippen LogP contribution in [-0.4, -0.2) is 33.1 Å². The van der Waals surface area contributed by atoms with Gasteiger partial charge in [0, 0.05) is 6.20 Å². The Morgan fingerprint density at radius 1 is 1.44 bits per heavy atom. The highest BCUT2D eigenvalue weighted by Gasteiger charge is 2.15. The number of methoxy groups -OCH3 is 1. The Morgan fingerprint density at radius 2 is 2.12 bits per heavy atom. The lowest BCUT2D eigenvalue weighted by atomic mass is 10.2. The lowest BCUT2D eigenvalue weighted by Gasteiger charge is -2.06. The van der Waals surface area contributed by atoms with Crippen molar-refractivity contribution in [1.29, 1.82) is 0 Å². The number of carbonyl (C=O) groups is 1. The lowest BCUT2D eigenvalue weighted by Crippen LogP contribution is -2.14. The van der Waals surface area contributed by atoms with E-state index in [0.717, 1.165) is 5.30 Å². The van der Waals surface area contributed by atoms with Gasteiger partial charge in [-0.2, -0.15) is 10.2 Å². The summed E-state index contributed by atoms with van der Waals surface area (Å²) < 4.78 is 4.67. The van der Waals surface area contributed by atoms with Crippen molar-refractivity contribution in [3.05, 3.63) is 30.2 Å². The van der Waals surface area contributed by atoms with Crippen molar-refractivity contribution in [3.8, 4) is 5.82 Å². The largest absolute Gasteiger partial charge is 0.465 e. The first-order valence-electron chi connectivity index (χ1n) is 4.43. The molecule has 0 saturated carbocycles. The molecule has 7 heteroatoms. The fourth-order valence-electron chi connectivity index (χ4n) is 1.22. The Labute approximate surface area is 93.8 Å². The first kappa shape index (κ1) is 10.7. The number of hydrogen-bond acceptors (Lipinski definition) is 5. The summed E-state index contributed by atoms with van der Waals surface area (Å²) in [4.78, 5) is 16.9. The molecule has 2 aromatic heterocycles. The summed E-state index contributed by atoms with van der Waals surface area (Å²) in [6, 6.07) is 1.65. The van der Waals surface area contributed by atoms with E-state index in [1.807, 2.05) is 0 Å². The van der Waals surface area contributed by atoms with Gasteiger partial charge in [-0.3, -0.25) is 0 Å². The van der Waals surface area contributed by atoms with Crippen LogP contribution in [0.25, 0.3) is 5.82 Å². The molecular weight excluding hydrogens is 227 g/mol. The van der Waals surface area contributed by atoms with Gasteiger partial charge in [0.2, 0.25) is 0 Å². The van der Waals surface area contributed by atoms with Crippen LogP contribution in [-0.2, 0) is 4.74 Å². The van der Waals surface area contributed by atoms with Crippen LogP contribution in [0, 0.1) is 0 Å². The van der Waals surface area contributed by atoms with Gasteiger partial charge in [-0.05, 0) is 11.4 Å². The Morgan fingerprint density at radius 3 is 2.75 bits per heavy atom. The zero-order chi connectivity index (χ0) is 11.5. The summed E-state index contributed by atoms with van der Waals surface area (Å²) in [6.07, 6.45) is 4.63. The minimum absolute atomic E-state index is 0.325. The maximum absolute atomic E-state index is 11.5. The highest BCUT2D eigenvalue weighted by atomic mass is 31.0. The number of esters is 1. The summed E-state index contributed by atoms with van der Waals surface area (Å²) in [5, 5.41) is 8.63. The van der Waals surface area contributed by atoms with Crippen LogP contribution >= 0.6 is 9.24 Å². The zero-order valence-corrected chi connectivity index (χ0v) is 9.65. The average Bonchev–Trinajstić information content (AvgIpc) is 2.81. The van der Waals surface area contributed by atoms with E-state index in [2.05, 4.69) is 29.2 Å². The van der Waals surface area contributed by atoms with Crippen molar-refractivity contribution in [1.82, 2.24) is 20.0 Å². The topological polar surface area (TPSA) is 69.9 Å². The van der Waals surface area contributed by atoms with Gasteiger partial charge in [0.05, 0.1) is 19.5 Å². The number of aromatic nitrogens is 4. The van der Waals surface area contributed by atoms with Crippen LogP contribution in [0.4, 0.5) is 0 Å². The standard InChI is InChI=1S/C9H9N4O2P/c1-15-9(14)7-4-6(16)5-10-8(7)13-11-2-3-12-13/h2-5H,16H2,1H3. The van der Waals surface area contributed by atoms with Gasteiger partial charge in [0.15, 0.2) is 5.82 Å². The third-order valence-electron chi connectivity index (χ3n) is 1.90. The van der Waals surface area contributed by atoms with Crippen LogP contribution < -0.4 is 5.30 Å². The van der Waals surface area contributed by atoms with E-state index in [4.69, 9.17) is 0 Å². The second kappa shape index (κ2) is 4.37. The maximum Gasteiger partial charge on any atom is 0.341 e. The smallest absolute Gasteiger partial charge is 0.341 e. The summed E-state index contributed by atoms with van der Waals surface area (Å²) in [6.45, 7) is 0. The molecule has 16 heavy (non-hydrogen) atoms. The molecule has 0 aliphatic carbocycles. The predicted octanol–water partition coefficient (Wildman–Crippen LogP) is -0.0507. The molecular formula is C9H9N4O2P. The van der Waals surface area contributed by atoms with Gasteiger partial charge >= 0.3 is 5.97 Å². The second-order valence-corrected chi connectivity index (χ2v) is 3.62. The fraction of sp³-hybridized carbons (Fsp3) is 0.111. The normalized spacial score (nSPS) is 10.1. The van der Waals surface area contributed by atoms with Crippen molar-refractivity contribution < 1.29 is 9.53 Å². The van der Waals surface area contributed by atoms with E-state index in [1.54, 1.807) is 12.3 Å². The maximum atomic E-state index is 11.5. The molecule has 82 valence electrons. The molecule has 0 aliphatic heterocycles. The van der Waals surface area contributed by atoms with Crippen molar-refractivity contribution in [2.75, 3.05) is 7.11 Å². The van der Waals surface area contributed by atoms with Gasteiger partial charge in [0.25, 0.3) is 0 Å². The SMILES string of the molecule is COC(=O)c1cc(P)cnc1-n1nccn1. The quantitative estimate of drug-likeness (QED) is 0.540. The van der Waals surface area contributed by atoms with Crippen LogP contribution in [0.15, 0.2) is 24.7 Å². The highest BCUT2D eigenvalue weighted by Crippen LogP contribution is 2.10. The summed E-state index contributed by atoms with van der Waals surface area (Å²) in [7, 11) is 3.78. The average molecular weight is 236 g/mol. The van der Waals surface area contributed by atoms with E-state index in [9.17, 15) is 4.79 Å². The molecule has 0 bridgehead atoms. The van der Waals surface area contributed by atoms with Crippen molar-refractivity contribution >= 4 is 20.5 Å². The molecule has 0 saturated heterocycles. The van der Waals surface area contributed by atoms with Crippen molar-refractivity contribution in [2.24, 2.45) is 0 Å². The van der Waals surface area contributed by atoms with E-state index < -0.39 is 5.97 Å².